The summed E-state index contributed by atoms with van der Waals surface area (Å²) in [7, 11) is 1.58. The van der Waals surface area contributed by atoms with Crippen LogP contribution in [-0.2, 0) is 10.2 Å². The Labute approximate surface area is 149 Å². The Morgan fingerprint density at radius 1 is 1.40 bits per heavy atom. The molecule has 1 aliphatic rings. The number of amides is 1. The lowest BCUT2D eigenvalue weighted by Crippen LogP contribution is -2.47. The SMILES string of the molecule is C=C1C(=O)N(C)C(=N)C[C@]1(C)c1cc(-c2ccc(F)c(C#N)c2)cs1. The molecule has 1 fully saturated rings. The van der Waals surface area contributed by atoms with Crippen LogP contribution in [0.3, 0.4) is 0 Å². The van der Waals surface area contributed by atoms with Gasteiger partial charge in [-0.2, -0.15) is 5.26 Å². The molecule has 1 aromatic carbocycles. The van der Waals surface area contributed by atoms with Gasteiger partial charge in [0.2, 0.25) is 0 Å². The third kappa shape index (κ3) is 2.67. The highest BCUT2D eigenvalue weighted by Gasteiger charge is 2.42. The molecule has 4 nitrogen and oxygen atoms in total. The summed E-state index contributed by atoms with van der Waals surface area (Å²) in [4.78, 5) is 14.6. The number of likely N-dealkylation sites (tertiary alicyclic amines) is 1. The van der Waals surface area contributed by atoms with Crippen molar-refractivity contribution in [3.8, 4) is 17.2 Å². The minimum absolute atomic E-state index is 0.00267. The second-order valence-corrected chi connectivity index (χ2v) is 7.22. The zero-order valence-corrected chi connectivity index (χ0v) is 14.7. The topological polar surface area (TPSA) is 68.0 Å². The molecule has 0 saturated carbocycles. The van der Waals surface area contributed by atoms with Gasteiger partial charge in [-0.1, -0.05) is 12.6 Å². The van der Waals surface area contributed by atoms with Crippen LogP contribution in [0.2, 0.25) is 0 Å². The summed E-state index contributed by atoms with van der Waals surface area (Å²) in [6.45, 7) is 5.87. The van der Waals surface area contributed by atoms with E-state index in [0.717, 1.165) is 16.0 Å². The number of thiophene rings is 1. The van der Waals surface area contributed by atoms with Crippen LogP contribution >= 0.6 is 11.3 Å². The maximum absolute atomic E-state index is 13.5. The van der Waals surface area contributed by atoms with Crippen molar-refractivity contribution in [3.05, 3.63) is 58.1 Å². The fraction of sp³-hybridized carbons (Fsp3) is 0.211. The molecule has 0 unspecified atom stereocenters. The summed E-state index contributed by atoms with van der Waals surface area (Å²) in [6.07, 6.45) is 0.390. The molecule has 1 aliphatic heterocycles. The van der Waals surface area contributed by atoms with Crippen molar-refractivity contribution in [2.24, 2.45) is 0 Å². The Morgan fingerprint density at radius 3 is 2.80 bits per heavy atom. The van der Waals surface area contributed by atoms with E-state index in [4.69, 9.17) is 10.7 Å². The molecule has 1 saturated heterocycles. The zero-order valence-electron chi connectivity index (χ0n) is 13.9. The molecule has 0 bridgehead atoms. The average molecular weight is 353 g/mol. The van der Waals surface area contributed by atoms with E-state index in [0.29, 0.717) is 12.0 Å². The van der Waals surface area contributed by atoms with Crippen LogP contribution in [0.4, 0.5) is 4.39 Å². The molecule has 0 aliphatic carbocycles. The fourth-order valence-electron chi connectivity index (χ4n) is 2.92. The van der Waals surface area contributed by atoms with Crippen molar-refractivity contribution in [2.75, 3.05) is 7.05 Å². The molecule has 6 heteroatoms. The maximum atomic E-state index is 13.5. The number of piperidine rings is 1. The van der Waals surface area contributed by atoms with Crippen molar-refractivity contribution < 1.29 is 9.18 Å². The number of hydrogen-bond donors (Lipinski definition) is 1. The molecular formula is C19H16FN3OS. The van der Waals surface area contributed by atoms with Crippen LogP contribution in [0.15, 0.2) is 41.8 Å². The average Bonchev–Trinajstić information content (AvgIpc) is 3.09. The second-order valence-electron chi connectivity index (χ2n) is 6.30. The lowest BCUT2D eigenvalue weighted by Gasteiger charge is -2.38. The van der Waals surface area contributed by atoms with Crippen molar-refractivity contribution in [1.29, 1.82) is 10.7 Å². The molecule has 0 radical (unpaired) electrons. The van der Waals surface area contributed by atoms with Crippen LogP contribution in [0.1, 0.15) is 23.8 Å². The predicted octanol–water partition coefficient (Wildman–Crippen LogP) is 4.08. The highest BCUT2D eigenvalue weighted by atomic mass is 32.1. The number of likely N-dealkylation sites (N-methyl/N-ethyl adjacent to an activating group) is 1. The van der Waals surface area contributed by atoms with E-state index < -0.39 is 11.2 Å². The van der Waals surface area contributed by atoms with Gasteiger partial charge in [-0.15, -0.1) is 11.3 Å². The van der Waals surface area contributed by atoms with E-state index in [1.807, 2.05) is 24.4 Å². The van der Waals surface area contributed by atoms with Gasteiger partial charge in [-0.25, -0.2) is 4.39 Å². The summed E-state index contributed by atoms with van der Waals surface area (Å²) >= 11 is 1.47. The van der Waals surface area contributed by atoms with E-state index in [-0.39, 0.29) is 17.3 Å². The number of hydrogen-bond acceptors (Lipinski definition) is 4. The minimum Gasteiger partial charge on any atom is -0.300 e. The number of nitriles is 1. The molecule has 0 spiro atoms. The first-order valence-corrected chi connectivity index (χ1v) is 8.50. The largest absolute Gasteiger partial charge is 0.300 e. The third-order valence-corrected chi connectivity index (χ3v) is 5.91. The Morgan fingerprint density at radius 2 is 2.12 bits per heavy atom. The van der Waals surface area contributed by atoms with Gasteiger partial charge < -0.3 is 4.90 Å². The number of amidine groups is 1. The van der Waals surface area contributed by atoms with Crippen molar-refractivity contribution in [2.45, 2.75) is 18.8 Å². The first kappa shape index (κ1) is 17.1. The van der Waals surface area contributed by atoms with Gasteiger partial charge in [0, 0.05) is 29.3 Å². The molecule has 25 heavy (non-hydrogen) atoms. The molecule has 1 aromatic heterocycles. The highest BCUT2D eigenvalue weighted by molar-refractivity contribution is 7.10. The third-order valence-electron chi connectivity index (χ3n) is 4.72. The van der Waals surface area contributed by atoms with Crippen molar-refractivity contribution >= 4 is 23.1 Å². The number of carbonyl (C=O) groups is 1. The second kappa shape index (κ2) is 5.94. The standard InChI is InChI=1S/C19H16FN3OS/c1-11-18(24)23(3)17(22)8-19(11,2)16-7-14(10-25-16)12-4-5-15(20)13(6-12)9-21/h4-7,10,22H,1,8H2,2-3H3/t19-/m0/s1. The normalized spacial score (nSPS) is 20.7. The molecular weight excluding hydrogens is 337 g/mol. The molecule has 1 atom stereocenters. The van der Waals surface area contributed by atoms with E-state index in [2.05, 4.69) is 6.58 Å². The van der Waals surface area contributed by atoms with E-state index in [9.17, 15) is 9.18 Å². The van der Waals surface area contributed by atoms with Gasteiger partial charge >= 0.3 is 0 Å². The Bertz CT molecular complexity index is 956. The van der Waals surface area contributed by atoms with Crippen LogP contribution in [0.25, 0.3) is 11.1 Å². The molecule has 2 heterocycles. The number of benzene rings is 1. The zero-order chi connectivity index (χ0) is 18.4. The van der Waals surface area contributed by atoms with Crippen LogP contribution < -0.4 is 0 Å². The molecule has 3 rings (SSSR count). The molecule has 2 aromatic rings. The number of nitrogens with one attached hydrogen (secondary N) is 1. The minimum atomic E-state index is -0.637. The Kier molecular flexibility index (Phi) is 4.05. The quantitative estimate of drug-likeness (QED) is 0.827. The molecule has 1 N–H and O–H groups in total. The number of rotatable bonds is 2. The Balaban J connectivity index is 2.01. The summed E-state index contributed by atoms with van der Waals surface area (Å²) in [5.41, 5.74) is 1.41. The van der Waals surface area contributed by atoms with Crippen LogP contribution in [0.5, 0.6) is 0 Å². The van der Waals surface area contributed by atoms with Crippen molar-refractivity contribution in [3.63, 3.8) is 0 Å². The highest BCUT2D eigenvalue weighted by Crippen LogP contribution is 2.43. The van der Waals surface area contributed by atoms with E-state index in [1.165, 1.54) is 28.4 Å². The van der Waals surface area contributed by atoms with Crippen LogP contribution in [-0.4, -0.2) is 23.7 Å². The van der Waals surface area contributed by atoms with Gasteiger partial charge in [0.1, 0.15) is 17.7 Å². The number of halogens is 1. The van der Waals surface area contributed by atoms with E-state index in [1.54, 1.807) is 13.1 Å². The molecule has 1 amide bonds. The van der Waals surface area contributed by atoms with E-state index >= 15 is 0 Å². The van der Waals surface area contributed by atoms with Gasteiger partial charge in [0.15, 0.2) is 0 Å². The maximum Gasteiger partial charge on any atom is 0.255 e. The first-order chi connectivity index (χ1) is 11.8. The molecule has 126 valence electrons. The fourth-order valence-corrected chi connectivity index (χ4v) is 4.03. The summed E-state index contributed by atoms with van der Waals surface area (Å²) in [5.74, 6) is -0.540. The lowest BCUT2D eigenvalue weighted by atomic mass is 9.74. The monoisotopic (exact) mass is 353 g/mol. The Hall–Kier alpha value is -2.78. The predicted molar refractivity (Wildman–Crippen MR) is 96.0 cm³/mol. The summed E-state index contributed by atoms with van der Waals surface area (Å²) < 4.78 is 13.5. The lowest BCUT2D eigenvalue weighted by molar-refractivity contribution is -0.124. The van der Waals surface area contributed by atoms with Gasteiger partial charge in [-0.3, -0.25) is 10.2 Å². The van der Waals surface area contributed by atoms with Crippen molar-refractivity contribution in [1.82, 2.24) is 4.90 Å². The van der Waals surface area contributed by atoms with Gasteiger partial charge in [0.25, 0.3) is 5.91 Å². The number of nitrogens with zero attached hydrogens (tertiary/aromatic N) is 2. The summed E-state index contributed by atoms with van der Waals surface area (Å²) in [5, 5.41) is 19.0. The van der Waals surface area contributed by atoms with Gasteiger partial charge in [0.05, 0.1) is 5.56 Å². The first-order valence-electron chi connectivity index (χ1n) is 7.62. The smallest absolute Gasteiger partial charge is 0.255 e. The van der Waals surface area contributed by atoms with Crippen LogP contribution in [0, 0.1) is 22.6 Å². The number of carbonyl (C=O) groups excluding carboxylic acids is 1. The van der Waals surface area contributed by atoms with Gasteiger partial charge in [-0.05, 0) is 41.6 Å². The summed E-state index contributed by atoms with van der Waals surface area (Å²) in [6, 6.07) is 8.19.